The number of amides is 1. The maximum absolute atomic E-state index is 11.9. The molecule has 0 aromatic rings. The van der Waals surface area contributed by atoms with E-state index in [0.717, 1.165) is 13.0 Å². The second-order valence-electron chi connectivity index (χ2n) is 4.46. The van der Waals surface area contributed by atoms with Gasteiger partial charge in [0.25, 0.3) is 0 Å². The van der Waals surface area contributed by atoms with E-state index in [9.17, 15) is 9.90 Å². The summed E-state index contributed by atoms with van der Waals surface area (Å²) in [7, 11) is 0. The van der Waals surface area contributed by atoms with Gasteiger partial charge in [-0.3, -0.25) is 4.79 Å². The molecule has 1 fully saturated rings. The zero-order valence-electron chi connectivity index (χ0n) is 9.77. The van der Waals surface area contributed by atoms with Crippen LogP contribution >= 0.6 is 11.8 Å². The summed E-state index contributed by atoms with van der Waals surface area (Å²) >= 11 is 1.67. The molecule has 0 aromatic heterocycles. The van der Waals surface area contributed by atoms with Crippen molar-refractivity contribution in [1.29, 1.82) is 0 Å². The van der Waals surface area contributed by atoms with Crippen LogP contribution in [0.5, 0.6) is 0 Å². The van der Waals surface area contributed by atoms with Crippen LogP contribution in [0.15, 0.2) is 0 Å². The van der Waals surface area contributed by atoms with E-state index in [1.165, 1.54) is 0 Å². The molecule has 0 spiro atoms. The Balaban J connectivity index is 2.45. The van der Waals surface area contributed by atoms with Crippen molar-refractivity contribution in [2.75, 3.05) is 18.9 Å². The molecule has 2 atom stereocenters. The third-order valence-corrected chi connectivity index (χ3v) is 4.01. The molecule has 0 aliphatic carbocycles. The SMILES string of the molecule is CC(C)SCC(=O)N1CCC(C)C1CO. The first-order valence-corrected chi connectivity index (χ1v) is 6.63. The van der Waals surface area contributed by atoms with Crippen molar-refractivity contribution in [2.45, 2.75) is 38.5 Å². The van der Waals surface area contributed by atoms with Gasteiger partial charge in [0.15, 0.2) is 0 Å². The molecule has 4 heteroatoms. The van der Waals surface area contributed by atoms with Crippen molar-refractivity contribution in [3.8, 4) is 0 Å². The number of rotatable bonds is 4. The van der Waals surface area contributed by atoms with Crippen molar-refractivity contribution in [2.24, 2.45) is 5.92 Å². The Hall–Kier alpha value is -0.220. The van der Waals surface area contributed by atoms with E-state index in [4.69, 9.17) is 0 Å². The van der Waals surface area contributed by atoms with Gasteiger partial charge in [0.2, 0.25) is 5.91 Å². The summed E-state index contributed by atoms with van der Waals surface area (Å²) in [6.45, 7) is 7.19. The molecule has 0 bridgehead atoms. The zero-order chi connectivity index (χ0) is 11.4. The number of carbonyl (C=O) groups is 1. The first kappa shape index (κ1) is 12.8. The summed E-state index contributed by atoms with van der Waals surface area (Å²) < 4.78 is 0. The zero-order valence-corrected chi connectivity index (χ0v) is 10.6. The Morgan fingerprint density at radius 2 is 2.27 bits per heavy atom. The molecule has 1 amide bonds. The van der Waals surface area contributed by atoms with E-state index in [1.807, 2.05) is 4.90 Å². The van der Waals surface area contributed by atoms with Crippen LogP contribution in [0, 0.1) is 5.92 Å². The third kappa shape index (κ3) is 3.38. The Kier molecular flexibility index (Phi) is 4.93. The number of aliphatic hydroxyl groups is 1. The highest BCUT2D eigenvalue weighted by molar-refractivity contribution is 8.00. The minimum absolute atomic E-state index is 0.0465. The van der Waals surface area contributed by atoms with Gasteiger partial charge >= 0.3 is 0 Å². The maximum atomic E-state index is 11.9. The molecule has 15 heavy (non-hydrogen) atoms. The summed E-state index contributed by atoms with van der Waals surface area (Å²) in [6.07, 6.45) is 1.02. The van der Waals surface area contributed by atoms with Crippen LogP contribution in [0.2, 0.25) is 0 Å². The van der Waals surface area contributed by atoms with Gasteiger partial charge < -0.3 is 10.0 Å². The summed E-state index contributed by atoms with van der Waals surface area (Å²) in [6, 6.07) is 0.0465. The molecule has 0 radical (unpaired) electrons. The molecule has 1 N–H and O–H groups in total. The van der Waals surface area contributed by atoms with Crippen LogP contribution in [-0.4, -0.2) is 46.1 Å². The van der Waals surface area contributed by atoms with Crippen LogP contribution < -0.4 is 0 Å². The molecule has 0 saturated carbocycles. The Morgan fingerprint density at radius 3 is 2.80 bits per heavy atom. The Morgan fingerprint density at radius 1 is 1.60 bits per heavy atom. The van der Waals surface area contributed by atoms with Gasteiger partial charge in [-0.1, -0.05) is 20.8 Å². The summed E-state index contributed by atoms with van der Waals surface area (Å²) in [5.74, 6) is 1.15. The monoisotopic (exact) mass is 231 g/mol. The van der Waals surface area contributed by atoms with Crippen molar-refractivity contribution in [3.63, 3.8) is 0 Å². The molecular formula is C11H21NO2S. The molecule has 88 valence electrons. The first-order chi connectivity index (χ1) is 7.06. The number of hydrogen-bond donors (Lipinski definition) is 1. The quantitative estimate of drug-likeness (QED) is 0.794. The van der Waals surface area contributed by atoms with Gasteiger partial charge in [0.1, 0.15) is 0 Å². The highest BCUT2D eigenvalue weighted by Gasteiger charge is 2.33. The predicted octanol–water partition coefficient (Wildman–Crippen LogP) is 1.36. The van der Waals surface area contributed by atoms with Crippen LogP contribution in [0.25, 0.3) is 0 Å². The molecule has 0 aromatic carbocycles. The van der Waals surface area contributed by atoms with Gasteiger partial charge in [-0.05, 0) is 17.6 Å². The standard InChI is InChI=1S/C11H21NO2S/c1-8(2)15-7-11(14)12-5-4-9(3)10(12)6-13/h8-10,13H,4-7H2,1-3H3. The summed E-state index contributed by atoms with van der Waals surface area (Å²) in [4.78, 5) is 13.7. The predicted molar refractivity (Wildman–Crippen MR) is 64.0 cm³/mol. The number of nitrogens with zero attached hydrogens (tertiary/aromatic N) is 1. The highest BCUT2D eigenvalue weighted by atomic mass is 32.2. The van der Waals surface area contributed by atoms with Crippen LogP contribution in [-0.2, 0) is 4.79 Å². The number of carbonyl (C=O) groups excluding carboxylic acids is 1. The number of hydrogen-bond acceptors (Lipinski definition) is 3. The largest absolute Gasteiger partial charge is 0.394 e. The van der Waals surface area contributed by atoms with Crippen LogP contribution in [0.4, 0.5) is 0 Å². The minimum Gasteiger partial charge on any atom is -0.394 e. The number of thioether (sulfide) groups is 1. The molecule has 3 nitrogen and oxygen atoms in total. The fourth-order valence-electron chi connectivity index (χ4n) is 1.92. The molecule has 1 rings (SSSR count). The van der Waals surface area contributed by atoms with E-state index in [-0.39, 0.29) is 18.6 Å². The van der Waals surface area contributed by atoms with E-state index in [0.29, 0.717) is 16.9 Å². The normalized spacial score (nSPS) is 26.3. The smallest absolute Gasteiger partial charge is 0.232 e. The Labute approximate surface area is 96.2 Å². The lowest BCUT2D eigenvalue weighted by molar-refractivity contribution is -0.130. The maximum Gasteiger partial charge on any atom is 0.232 e. The first-order valence-electron chi connectivity index (χ1n) is 5.58. The lowest BCUT2D eigenvalue weighted by atomic mass is 10.0. The summed E-state index contributed by atoms with van der Waals surface area (Å²) in [5, 5.41) is 9.72. The van der Waals surface area contributed by atoms with Crippen molar-refractivity contribution in [1.82, 2.24) is 4.90 Å². The highest BCUT2D eigenvalue weighted by Crippen LogP contribution is 2.24. The van der Waals surface area contributed by atoms with Crippen LogP contribution in [0.1, 0.15) is 27.2 Å². The van der Waals surface area contributed by atoms with Crippen molar-refractivity contribution >= 4 is 17.7 Å². The summed E-state index contributed by atoms with van der Waals surface area (Å²) in [5.41, 5.74) is 0. The van der Waals surface area contributed by atoms with Gasteiger partial charge in [-0.15, -0.1) is 11.8 Å². The minimum atomic E-state index is 0.0465. The molecule has 1 saturated heterocycles. The van der Waals surface area contributed by atoms with Gasteiger partial charge in [0.05, 0.1) is 18.4 Å². The average molecular weight is 231 g/mol. The molecule has 2 unspecified atom stereocenters. The second kappa shape index (κ2) is 5.75. The van der Waals surface area contributed by atoms with E-state index < -0.39 is 0 Å². The van der Waals surface area contributed by atoms with Crippen molar-refractivity contribution < 1.29 is 9.90 Å². The molecule has 1 heterocycles. The topological polar surface area (TPSA) is 40.5 Å². The Bertz CT molecular complexity index is 221. The molecule has 1 aliphatic rings. The van der Waals surface area contributed by atoms with Gasteiger partial charge in [-0.25, -0.2) is 0 Å². The van der Waals surface area contributed by atoms with E-state index in [2.05, 4.69) is 20.8 Å². The number of likely N-dealkylation sites (tertiary alicyclic amines) is 1. The molecular weight excluding hydrogens is 210 g/mol. The van der Waals surface area contributed by atoms with Gasteiger partial charge in [-0.2, -0.15) is 0 Å². The molecule has 1 aliphatic heterocycles. The number of aliphatic hydroxyl groups excluding tert-OH is 1. The van der Waals surface area contributed by atoms with E-state index in [1.54, 1.807) is 11.8 Å². The van der Waals surface area contributed by atoms with Crippen molar-refractivity contribution in [3.05, 3.63) is 0 Å². The second-order valence-corrected chi connectivity index (χ2v) is 6.03. The van der Waals surface area contributed by atoms with Gasteiger partial charge in [0, 0.05) is 6.54 Å². The fourth-order valence-corrected chi connectivity index (χ4v) is 2.56. The average Bonchev–Trinajstić information content (AvgIpc) is 2.55. The lowest BCUT2D eigenvalue weighted by Crippen LogP contribution is -2.40. The lowest BCUT2D eigenvalue weighted by Gasteiger charge is -2.25. The van der Waals surface area contributed by atoms with E-state index >= 15 is 0 Å². The van der Waals surface area contributed by atoms with Crippen LogP contribution in [0.3, 0.4) is 0 Å². The fraction of sp³-hybridized carbons (Fsp3) is 0.909. The third-order valence-electron chi connectivity index (χ3n) is 2.93.